The van der Waals surface area contributed by atoms with E-state index in [1.54, 1.807) is 0 Å². The van der Waals surface area contributed by atoms with E-state index in [0.717, 1.165) is 41.3 Å². The van der Waals surface area contributed by atoms with Crippen molar-refractivity contribution >= 4 is 26.8 Å². The van der Waals surface area contributed by atoms with E-state index in [1.165, 1.54) is 5.56 Å². The Morgan fingerprint density at radius 3 is 3.00 bits per heavy atom. The summed E-state index contributed by atoms with van der Waals surface area (Å²) >= 11 is 3.55. The number of hydrogen-bond acceptors (Lipinski definition) is 3. The van der Waals surface area contributed by atoms with E-state index in [2.05, 4.69) is 44.4 Å². The normalized spacial score (nSPS) is 12.8. The van der Waals surface area contributed by atoms with Crippen LogP contribution in [0.4, 0.5) is 0 Å². The lowest BCUT2D eigenvalue weighted by atomic mass is 10.1. The number of benzene rings is 1. The first kappa shape index (κ1) is 14.4. The van der Waals surface area contributed by atoms with Gasteiger partial charge in [0.1, 0.15) is 0 Å². The summed E-state index contributed by atoms with van der Waals surface area (Å²) in [6.07, 6.45) is 3.22. The van der Waals surface area contributed by atoms with Gasteiger partial charge in [-0.3, -0.25) is 4.98 Å². The summed E-state index contributed by atoms with van der Waals surface area (Å²) in [7, 11) is 0. The second-order valence-electron chi connectivity index (χ2n) is 4.63. The molecule has 0 aliphatic heterocycles. The Morgan fingerprint density at radius 1 is 1.37 bits per heavy atom. The highest BCUT2D eigenvalue weighted by atomic mass is 79.9. The summed E-state index contributed by atoms with van der Waals surface area (Å²) in [5, 5.41) is 14.0. The zero-order valence-electron chi connectivity index (χ0n) is 11.1. The first-order valence-electron chi connectivity index (χ1n) is 6.63. The fourth-order valence-corrected chi connectivity index (χ4v) is 2.49. The van der Waals surface area contributed by atoms with Crippen molar-refractivity contribution in [3.63, 3.8) is 0 Å². The maximum absolute atomic E-state index is 9.50. The number of nitrogens with zero attached hydrogens (tertiary/aromatic N) is 1. The topological polar surface area (TPSA) is 45.1 Å². The van der Waals surface area contributed by atoms with Crippen molar-refractivity contribution in [2.75, 3.05) is 6.54 Å². The number of aliphatic hydroxyl groups is 1. The Hall–Kier alpha value is -0.970. The molecule has 0 aliphatic rings. The minimum atomic E-state index is -0.202. The standard InChI is InChI=1S/C15H19BrN2O/c1-2-12(19)7-9-17-10-11-5-6-14(16)13-4-3-8-18-15(11)13/h3-6,8,12,17,19H,2,7,9-10H2,1H3. The molecular weight excluding hydrogens is 304 g/mol. The molecular formula is C15H19BrN2O. The van der Waals surface area contributed by atoms with Gasteiger partial charge in [0.25, 0.3) is 0 Å². The van der Waals surface area contributed by atoms with Crippen LogP contribution in [0.15, 0.2) is 34.9 Å². The van der Waals surface area contributed by atoms with Crippen LogP contribution in [0.5, 0.6) is 0 Å². The van der Waals surface area contributed by atoms with E-state index in [0.29, 0.717) is 0 Å². The Labute approximate surface area is 122 Å². The summed E-state index contributed by atoms with van der Waals surface area (Å²) in [5.74, 6) is 0. The lowest BCUT2D eigenvalue weighted by molar-refractivity contribution is 0.159. The number of pyridine rings is 1. The van der Waals surface area contributed by atoms with Crippen molar-refractivity contribution in [2.45, 2.75) is 32.4 Å². The summed E-state index contributed by atoms with van der Waals surface area (Å²) in [6, 6.07) is 8.16. The summed E-state index contributed by atoms with van der Waals surface area (Å²) in [5.41, 5.74) is 2.21. The molecule has 1 aromatic carbocycles. The predicted molar refractivity (Wildman–Crippen MR) is 82.1 cm³/mol. The first-order chi connectivity index (χ1) is 9.22. The Morgan fingerprint density at radius 2 is 2.21 bits per heavy atom. The molecule has 4 heteroatoms. The molecule has 19 heavy (non-hydrogen) atoms. The Kier molecular flexibility index (Phi) is 5.31. The van der Waals surface area contributed by atoms with Crippen molar-refractivity contribution in [1.82, 2.24) is 10.3 Å². The van der Waals surface area contributed by atoms with Crippen LogP contribution in [0.25, 0.3) is 10.9 Å². The van der Waals surface area contributed by atoms with Crippen LogP contribution in [0.1, 0.15) is 25.3 Å². The van der Waals surface area contributed by atoms with E-state index < -0.39 is 0 Å². The van der Waals surface area contributed by atoms with Crippen LogP contribution < -0.4 is 5.32 Å². The third-order valence-electron chi connectivity index (χ3n) is 3.24. The molecule has 1 unspecified atom stereocenters. The number of aliphatic hydroxyl groups excluding tert-OH is 1. The molecule has 2 aromatic rings. The van der Waals surface area contributed by atoms with Gasteiger partial charge in [-0.1, -0.05) is 35.0 Å². The summed E-state index contributed by atoms with van der Waals surface area (Å²) in [6.45, 7) is 3.59. The summed E-state index contributed by atoms with van der Waals surface area (Å²) in [4.78, 5) is 4.45. The molecule has 0 aliphatic carbocycles. The van der Waals surface area contributed by atoms with Crippen molar-refractivity contribution in [2.24, 2.45) is 0 Å². The van der Waals surface area contributed by atoms with Crippen LogP contribution in [-0.4, -0.2) is 22.7 Å². The highest BCUT2D eigenvalue weighted by Crippen LogP contribution is 2.25. The molecule has 0 fully saturated rings. The Bertz CT molecular complexity index is 545. The van der Waals surface area contributed by atoms with Gasteiger partial charge in [0, 0.05) is 22.6 Å². The van der Waals surface area contributed by atoms with Crippen molar-refractivity contribution in [1.29, 1.82) is 0 Å². The fourth-order valence-electron chi connectivity index (χ4n) is 2.03. The average Bonchev–Trinajstić information content (AvgIpc) is 2.45. The van der Waals surface area contributed by atoms with E-state index >= 15 is 0 Å². The molecule has 2 N–H and O–H groups in total. The van der Waals surface area contributed by atoms with Gasteiger partial charge in [0.05, 0.1) is 11.6 Å². The molecule has 0 spiro atoms. The van der Waals surface area contributed by atoms with Crippen molar-refractivity contribution in [3.8, 4) is 0 Å². The molecule has 3 nitrogen and oxygen atoms in total. The van der Waals surface area contributed by atoms with Gasteiger partial charge in [-0.15, -0.1) is 0 Å². The first-order valence-corrected chi connectivity index (χ1v) is 7.42. The minimum absolute atomic E-state index is 0.202. The molecule has 0 amide bonds. The second kappa shape index (κ2) is 6.98. The molecule has 0 saturated carbocycles. The van der Waals surface area contributed by atoms with Crippen molar-refractivity contribution in [3.05, 3.63) is 40.5 Å². The van der Waals surface area contributed by atoms with Crippen LogP contribution in [-0.2, 0) is 6.54 Å². The van der Waals surface area contributed by atoms with Gasteiger partial charge in [-0.25, -0.2) is 0 Å². The predicted octanol–water partition coefficient (Wildman–Crippen LogP) is 3.25. The van der Waals surface area contributed by atoms with Gasteiger partial charge in [-0.05, 0) is 37.1 Å². The molecule has 0 radical (unpaired) electrons. The maximum atomic E-state index is 9.50. The second-order valence-corrected chi connectivity index (χ2v) is 5.49. The largest absolute Gasteiger partial charge is 0.393 e. The monoisotopic (exact) mass is 322 g/mol. The van der Waals surface area contributed by atoms with Crippen molar-refractivity contribution < 1.29 is 5.11 Å². The minimum Gasteiger partial charge on any atom is -0.393 e. The summed E-state index contributed by atoms with van der Waals surface area (Å²) < 4.78 is 1.07. The third kappa shape index (κ3) is 3.75. The van der Waals surface area contributed by atoms with Gasteiger partial charge < -0.3 is 10.4 Å². The fraction of sp³-hybridized carbons (Fsp3) is 0.400. The smallest absolute Gasteiger partial charge is 0.0758 e. The van der Waals surface area contributed by atoms with Gasteiger partial charge in [0.2, 0.25) is 0 Å². The van der Waals surface area contributed by atoms with E-state index in [4.69, 9.17) is 0 Å². The average molecular weight is 323 g/mol. The molecule has 1 heterocycles. The zero-order chi connectivity index (χ0) is 13.7. The van der Waals surface area contributed by atoms with Crippen LogP contribution in [0.3, 0.4) is 0 Å². The van der Waals surface area contributed by atoms with E-state index in [1.807, 2.05) is 19.2 Å². The molecule has 0 bridgehead atoms. The lowest BCUT2D eigenvalue weighted by Crippen LogP contribution is -2.20. The quantitative estimate of drug-likeness (QED) is 0.802. The molecule has 2 rings (SSSR count). The highest BCUT2D eigenvalue weighted by Gasteiger charge is 2.05. The SMILES string of the molecule is CCC(O)CCNCc1ccc(Br)c2cccnc12. The van der Waals surface area contributed by atoms with Crippen LogP contribution >= 0.6 is 15.9 Å². The highest BCUT2D eigenvalue weighted by molar-refractivity contribution is 9.10. The number of aromatic nitrogens is 1. The van der Waals surface area contributed by atoms with E-state index in [-0.39, 0.29) is 6.10 Å². The number of hydrogen-bond donors (Lipinski definition) is 2. The van der Waals surface area contributed by atoms with Gasteiger partial charge >= 0.3 is 0 Å². The molecule has 1 atom stereocenters. The number of fused-ring (bicyclic) bond motifs is 1. The zero-order valence-corrected chi connectivity index (χ0v) is 12.7. The number of rotatable bonds is 6. The van der Waals surface area contributed by atoms with Gasteiger partial charge in [-0.2, -0.15) is 0 Å². The number of nitrogens with one attached hydrogen (secondary N) is 1. The van der Waals surface area contributed by atoms with E-state index in [9.17, 15) is 5.11 Å². The number of halogens is 1. The maximum Gasteiger partial charge on any atom is 0.0758 e. The third-order valence-corrected chi connectivity index (χ3v) is 3.93. The molecule has 0 saturated heterocycles. The molecule has 102 valence electrons. The molecule has 1 aromatic heterocycles. The lowest BCUT2D eigenvalue weighted by Gasteiger charge is -2.10. The van der Waals surface area contributed by atoms with Gasteiger partial charge in [0.15, 0.2) is 0 Å². The van der Waals surface area contributed by atoms with Crippen LogP contribution in [0, 0.1) is 0 Å². The Balaban J connectivity index is 2.03. The van der Waals surface area contributed by atoms with Crippen LogP contribution in [0.2, 0.25) is 0 Å².